The van der Waals surface area contributed by atoms with E-state index in [-0.39, 0.29) is 12.3 Å². The molecule has 0 aliphatic carbocycles. The monoisotopic (exact) mass is 268 g/mol. The van der Waals surface area contributed by atoms with Crippen molar-refractivity contribution in [3.8, 4) is 10.6 Å². The van der Waals surface area contributed by atoms with Crippen molar-refractivity contribution in [2.45, 2.75) is 6.42 Å². The van der Waals surface area contributed by atoms with Crippen LogP contribution in [0.1, 0.15) is 5.69 Å². The van der Waals surface area contributed by atoms with Crippen LogP contribution < -0.4 is 0 Å². The molecule has 2 aromatic rings. The first-order chi connectivity index (χ1) is 8.20. The first kappa shape index (κ1) is 12.2. The average molecular weight is 268 g/mol. The molecule has 0 fully saturated rings. The molecule has 0 spiro atoms. The van der Waals surface area contributed by atoms with Crippen LogP contribution in [0.4, 0.5) is 0 Å². The second kappa shape index (κ2) is 5.39. The molecule has 0 aromatic carbocycles. The van der Waals surface area contributed by atoms with Gasteiger partial charge in [-0.15, -0.1) is 11.3 Å². The zero-order valence-electron chi connectivity index (χ0n) is 9.54. The van der Waals surface area contributed by atoms with Crippen LogP contribution in [0.15, 0.2) is 22.2 Å². The standard InChI is InChI=1S/C11H12N2O2S2/c1-13(15-2)10(14)5-9-7-17-11(12-9)8-3-4-16-6-8/h3-4,6-7H,5H2,1-2H3. The summed E-state index contributed by atoms with van der Waals surface area (Å²) in [5.41, 5.74) is 1.89. The summed E-state index contributed by atoms with van der Waals surface area (Å²) < 4.78 is 0. The lowest BCUT2D eigenvalue weighted by Gasteiger charge is -2.12. The highest BCUT2D eigenvalue weighted by molar-refractivity contribution is 7.14. The van der Waals surface area contributed by atoms with E-state index in [0.717, 1.165) is 16.3 Å². The van der Waals surface area contributed by atoms with Crippen molar-refractivity contribution in [3.63, 3.8) is 0 Å². The fraction of sp³-hybridized carbons (Fsp3) is 0.273. The van der Waals surface area contributed by atoms with Gasteiger partial charge in [-0.2, -0.15) is 11.3 Å². The number of aromatic nitrogens is 1. The average Bonchev–Trinajstić information content (AvgIpc) is 2.97. The zero-order chi connectivity index (χ0) is 12.3. The Labute approximate surface area is 107 Å². The lowest BCUT2D eigenvalue weighted by Crippen LogP contribution is -2.27. The molecule has 6 heteroatoms. The molecule has 2 aromatic heterocycles. The van der Waals surface area contributed by atoms with Gasteiger partial charge in [0, 0.05) is 23.4 Å². The molecule has 4 nitrogen and oxygen atoms in total. The van der Waals surface area contributed by atoms with E-state index >= 15 is 0 Å². The number of thiophene rings is 1. The summed E-state index contributed by atoms with van der Waals surface area (Å²) in [5, 5.41) is 8.14. The van der Waals surface area contributed by atoms with Crippen molar-refractivity contribution in [2.75, 3.05) is 14.2 Å². The largest absolute Gasteiger partial charge is 0.275 e. The smallest absolute Gasteiger partial charge is 0.251 e. The molecule has 0 unspecified atom stereocenters. The minimum Gasteiger partial charge on any atom is -0.275 e. The number of hydrogen-bond acceptors (Lipinski definition) is 5. The summed E-state index contributed by atoms with van der Waals surface area (Å²) in [6.45, 7) is 0. The number of carbonyl (C=O) groups excluding carboxylic acids is 1. The van der Waals surface area contributed by atoms with Gasteiger partial charge in [0.05, 0.1) is 19.2 Å². The Bertz CT molecular complexity index is 493. The first-order valence-corrected chi connectivity index (χ1v) is 6.80. The molecule has 17 heavy (non-hydrogen) atoms. The molecular formula is C11H12N2O2S2. The van der Waals surface area contributed by atoms with E-state index < -0.39 is 0 Å². The molecule has 0 saturated heterocycles. The Kier molecular flexibility index (Phi) is 3.88. The lowest BCUT2D eigenvalue weighted by atomic mass is 10.3. The van der Waals surface area contributed by atoms with Crippen LogP contribution in [-0.4, -0.2) is 30.1 Å². The Balaban J connectivity index is 2.07. The summed E-state index contributed by atoms with van der Waals surface area (Å²) in [5.74, 6) is -0.102. The lowest BCUT2D eigenvalue weighted by molar-refractivity contribution is -0.167. The molecule has 2 rings (SSSR count). The van der Waals surface area contributed by atoms with Gasteiger partial charge in [0.25, 0.3) is 5.91 Å². The number of amides is 1. The Hall–Kier alpha value is -1.24. The zero-order valence-corrected chi connectivity index (χ0v) is 11.2. The maximum absolute atomic E-state index is 11.6. The number of thiazole rings is 1. The Morgan fingerprint density at radius 2 is 2.35 bits per heavy atom. The Morgan fingerprint density at radius 3 is 3.00 bits per heavy atom. The highest BCUT2D eigenvalue weighted by Gasteiger charge is 2.12. The third-order valence-corrected chi connectivity index (χ3v) is 3.90. The second-order valence-electron chi connectivity index (χ2n) is 3.41. The maximum Gasteiger partial charge on any atom is 0.251 e. The SMILES string of the molecule is CON(C)C(=O)Cc1csc(-c2ccsc2)n1. The van der Waals surface area contributed by atoms with Gasteiger partial charge in [-0.05, 0) is 11.4 Å². The summed E-state index contributed by atoms with van der Waals surface area (Å²) >= 11 is 3.19. The number of likely N-dealkylation sites (N-methyl/N-ethyl adjacent to an activating group) is 1. The highest BCUT2D eigenvalue weighted by atomic mass is 32.1. The van der Waals surface area contributed by atoms with Crippen LogP contribution in [0.2, 0.25) is 0 Å². The molecule has 2 heterocycles. The molecule has 0 saturated carbocycles. The number of carbonyl (C=O) groups is 1. The van der Waals surface area contributed by atoms with E-state index in [9.17, 15) is 4.79 Å². The highest BCUT2D eigenvalue weighted by Crippen LogP contribution is 2.25. The Morgan fingerprint density at radius 1 is 1.53 bits per heavy atom. The van der Waals surface area contributed by atoms with Crippen molar-refractivity contribution in [2.24, 2.45) is 0 Å². The minimum atomic E-state index is -0.102. The van der Waals surface area contributed by atoms with Gasteiger partial charge in [-0.25, -0.2) is 10.0 Å². The first-order valence-electron chi connectivity index (χ1n) is 4.98. The van der Waals surface area contributed by atoms with Crippen molar-refractivity contribution >= 4 is 28.6 Å². The number of hydroxylamine groups is 2. The van der Waals surface area contributed by atoms with E-state index in [4.69, 9.17) is 4.84 Å². The number of hydrogen-bond donors (Lipinski definition) is 0. The fourth-order valence-corrected chi connectivity index (χ4v) is 2.81. The number of nitrogens with zero attached hydrogens (tertiary/aromatic N) is 2. The van der Waals surface area contributed by atoms with Crippen molar-refractivity contribution < 1.29 is 9.63 Å². The maximum atomic E-state index is 11.6. The van der Waals surface area contributed by atoms with Crippen LogP contribution in [0, 0.1) is 0 Å². The quantitative estimate of drug-likeness (QED) is 0.800. The van der Waals surface area contributed by atoms with Crippen LogP contribution in [-0.2, 0) is 16.1 Å². The minimum absolute atomic E-state index is 0.102. The molecule has 0 N–H and O–H groups in total. The van der Waals surface area contributed by atoms with E-state index in [1.54, 1.807) is 29.7 Å². The summed E-state index contributed by atoms with van der Waals surface area (Å²) in [6, 6.07) is 2.02. The summed E-state index contributed by atoms with van der Waals surface area (Å²) in [6.07, 6.45) is 0.269. The van der Waals surface area contributed by atoms with Gasteiger partial charge in [0.2, 0.25) is 0 Å². The van der Waals surface area contributed by atoms with Gasteiger partial charge >= 0.3 is 0 Å². The van der Waals surface area contributed by atoms with Crippen LogP contribution >= 0.6 is 22.7 Å². The van der Waals surface area contributed by atoms with Crippen molar-refractivity contribution in [3.05, 3.63) is 27.9 Å². The van der Waals surface area contributed by atoms with Gasteiger partial charge in [0.1, 0.15) is 5.01 Å². The molecule has 1 amide bonds. The van der Waals surface area contributed by atoms with E-state index in [1.807, 2.05) is 22.2 Å². The summed E-state index contributed by atoms with van der Waals surface area (Å²) in [7, 11) is 3.06. The normalized spacial score (nSPS) is 10.5. The van der Waals surface area contributed by atoms with Crippen LogP contribution in [0.3, 0.4) is 0 Å². The predicted molar refractivity (Wildman–Crippen MR) is 68.9 cm³/mol. The molecular weight excluding hydrogens is 256 g/mol. The van der Waals surface area contributed by atoms with Crippen LogP contribution in [0.5, 0.6) is 0 Å². The molecule has 0 aliphatic rings. The molecule has 0 atom stereocenters. The van der Waals surface area contributed by atoms with E-state index in [0.29, 0.717) is 0 Å². The van der Waals surface area contributed by atoms with Gasteiger partial charge < -0.3 is 0 Å². The number of rotatable bonds is 4. The van der Waals surface area contributed by atoms with Gasteiger partial charge in [0.15, 0.2) is 0 Å². The summed E-state index contributed by atoms with van der Waals surface area (Å²) in [4.78, 5) is 20.9. The van der Waals surface area contributed by atoms with Gasteiger partial charge in [-0.1, -0.05) is 0 Å². The molecule has 0 radical (unpaired) electrons. The van der Waals surface area contributed by atoms with Gasteiger partial charge in [-0.3, -0.25) is 9.63 Å². The van der Waals surface area contributed by atoms with E-state index in [2.05, 4.69) is 4.98 Å². The molecule has 90 valence electrons. The fourth-order valence-electron chi connectivity index (χ4n) is 1.28. The molecule has 0 bridgehead atoms. The van der Waals surface area contributed by atoms with Crippen molar-refractivity contribution in [1.82, 2.24) is 10.0 Å². The third-order valence-electron chi connectivity index (χ3n) is 2.28. The van der Waals surface area contributed by atoms with Crippen molar-refractivity contribution in [1.29, 1.82) is 0 Å². The molecule has 0 aliphatic heterocycles. The van der Waals surface area contributed by atoms with E-state index in [1.165, 1.54) is 12.2 Å². The predicted octanol–water partition coefficient (Wildman–Crippen LogP) is 2.43. The van der Waals surface area contributed by atoms with Crippen LogP contribution in [0.25, 0.3) is 10.6 Å². The second-order valence-corrected chi connectivity index (χ2v) is 5.04. The topological polar surface area (TPSA) is 42.4 Å². The third kappa shape index (κ3) is 2.91.